The van der Waals surface area contributed by atoms with Crippen molar-refractivity contribution < 1.29 is 27.6 Å². The van der Waals surface area contributed by atoms with Gasteiger partial charge in [0.05, 0.1) is 24.8 Å². The number of phenolic OH excluding ortho intramolecular Hbond substituents is 1. The molecule has 24 heavy (non-hydrogen) atoms. The molecule has 0 aromatic heterocycles. The van der Waals surface area contributed by atoms with Gasteiger partial charge in [0.25, 0.3) is 10.1 Å². The van der Waals surface area contributed by atoms with Crippen LogP contribution in [0.1, 0.15) is 5.56 Å². The van der Waals surface area contributed by atoms with Gasteiger partial charge in [-0.25, -0.2) is 0 Å². The minimum atomic E-state index is -4.08. The van der Waals surface area contributed by atoms with Crippen molar-refractivity contribution in [2.24, 2.45) is 0 Å². The summed E-state index contributed by atoms with van der Waals surface area (Å²) in [6.07, 6.45) is 0. The molecule has 0 aliphatic heterocycles. The highest BCUT2D eigenvalue weighted by Crippen LogP contribution is 2.40. The van der Waals surface area contributed by atoms with Gasteiger partial charge in [-0.15, -0.1) is 0 Å². The Morgan fingerprint density at radius 2 is 1.58 bits per heavy atom. The molecule has 0 aliphatic rings. The van der Waals surface area contributed by atoms with E-state index in [0.717, 1.165) is 0 Å². The SMILES string of the molecule is COc1cc(N)c(OC)c(C)c1O.Nc1ccc(S(=O)(=O)O)cc1. The fourth-order valence-electron chi connectivity index (χ4n) is 1.85. The molecule has 0 fully saturated rings. The fraction of sp³-hybridized carbons (Fsp3) is 0.200. The van der Waals surface area contributed by atoms with Crippen molar-refractivity contribution in [3.8, 4) is 17.2 Å². The first-order valence-corrected chi connectivity index (χ1v) is 8.08. The lowest BCUT2D eigenvalue weighted by Crippen LogP contribution is -1.97. The van der Waals surface area contributed by atoms with Crippen molar-refractivity contribution in [3.63, 3.8) is 0 Å². The molecule has 2 aromatic carbocycles. The van der Waals surface area contributed by atoms with Gasteiger partial charge in [-0.05, 0) is 31.2 Å². The number of hydrogen-bond donors (Lipinski definition) is 4. The second-order valence-electron chi connectivity index (χ2n) is 4.72. The Morgan fingerprint density at radius 1 is 1.04 bits per heavy atom. The smallest absolute Gasteiger partial charge is 0.294 e. The van der Waals surface area contributed by atoms with Gasteiger partial charge in [0.1, 0.15) is 5.75 Å². The molecule has 0 atom stereocenters. The van der Waals surface area contributed by atoms with Crippen LogP contribution in [0.3, 0.4) is 0 Å². The topological polar surface area (TPSA) is 145 Å². The maximum Gasteiger partial charge on any atom is 0.294 e. The van der Waals surface area contributed by atoms with E-state index in [1.54, 1.807) is 6.92 Å². The Balaban J connectivity index is 0.000000243. The third-order valence-electron chi connectivity index (χ3n) is 3.08. The summed E-state index contributed by atoms with van der Waals surface area (Å²) in [5.41, 5.74) is 12.4. The molecule has 0 bridgehead atoms. The summed E-state index contributed by atoms with van der Waals surface area (Å²) < 4.78 is 39.4. The van der Waals surface area contributed by atoms with Crippen molar-refractivity contribution in [2.75, 3.05) is 25.7 Å². The maximum atomic E-state index is 10.5. The number of anilines is 2. The predicted octanol–water partition coefficient (Wildman–Crippen LogP) is 1.82. The third kappa shape index (κ3) is 4.67. The van der Waals surface area contributed by atoms with Crippen molar-refractivity contribution >= 4 is 21.5 Å². The highest BCUT2D eigenvalue weighted by molar-refractivity contribution is 7.85. The first-order chi connectivity index (χ1) is 11.1. The van der Waals surface area contributed by atoms with E-state index >= 15 is 0 Å². The molecule has 2 rings (SSSR count). The van der Waals surface area contributed by atoms with Crippen LogP contribution in [-0.2, 0) is 10.1 Å². The van der Waals surface area contributed by atoms with Crippen LogP contribution in [0.25, 0.3) is 0 Å². The van der Waals surface area contributed by atoms with Gasteiger partial charge in [0, 0.05) is 17.3 Å². The molecular formula is C15H20N2O6S. The largest absolute Gasteiger partial charge is 0.504 e. The summed E-state index contributed by atoms with van der Waals surface area (Å²) in [5.74, 6) is 0.905. The normalized spacial score (nSPS) is 10.5. The standard InChI is InChI=1S/C9H13NO3.C6H7NO3S/c1-5-8(11)7(12-2)4-6(10)9(5)13-3;7-5-1-3-6(4-2-5)11(8,9)10/h4,11H,10H2,1-3H3;1-4H,7H2,(H,8,9,10). The van der Waals surface area contributed by atoms with E-state index < -0.39 is 10.1 Å². The van der Waals surface area contributed by atoms with Crippen LogP contribution in [-0.4, -0.2) is 32.3 Å². The van der Waals surface area contributed by atoms with Crippen molar-refractivity contribution in [2.45, 2.75) is 11.8 Å². The summed E-state index contributed by atoms with van der Waals surface area (Å²) in [6, 6.07) is 6.82. The van der Waals surface area contributed by atoms with Crippen molar-refractivity contribution in [1.82, 2.24) is 0 Å². The molecule has 0 aliphatic carbocycles. The molecule has 6 N–H and O–H groups in total. The molecule has 2 aromatic rings. The summed E-state index contributed by atoms with van der Waals surface area (Å²) in [6.45, 7) is 1.72. The number of aromatic hydroxyl groups is 1. The zero-order valence-corrected chi connectivity index (χ0v) is 14.3. The quantitative estimate of drug-likeness (QED) is 0.370. The van der Waals surface area contributed by atoms with Gasteiger partial charge in [-0.3, -0.25) is 4.55 Å². The van der Waals surface area contributed by atoms with Gasteiger partial charge < -0.3 is 26.0 Å². The molecule has 0 saturated heterocycles. The molecule has 0 heterocycles. The van der Waals surface area contributed by atoms with Gasteiger partial charge in [-0.2, -0.15) is 8.42 Å². The Morgan fingerprint density at radius 3 is 2.00 bits per heavy atom. The summed E-state index contributed by atoms with van der Waals surface area (Å²) in [5, 5.41) is 9.57. The third-order valence-corrected chi connectivity index (χ3v) is 3.95. The average molecular weight is 356 g/mol. The highest BCUT2D eigenvalue weighted by Gasteiger charge is 2.13. The Bertz CT molecular complexity index is 804. The molecule has 132 valence electrons. The van der Waals surface area contributed by atoms with Crippen LogP contribution >= 0.6 is 0 Å². The van der Waals surface area contributed by atoms with E-state index in [1.165, 1.54) is 44.6 Å². The van der Waals surface area contributed by atoms with E-state index in [9.17, 15) is 13.5 Å². The van der Waals surface area contributed by atoms with Crippen LogP contribution < -0.4 is 20.9 Å². The van der Waals surface area contributed by atoms with E-state index in [2.05, 4.69) is 0 Å². The molecule has 0 saturated carbocycles. The van der Waals surface area contributed by atoms with Gasteiger partial charge >= 0.3 is 0 Å². The fourth-order valence-corrected chi connectivity index (χ4v) is 2.33. The summed E-state index contributed by atoms with van der Waals surface area (Å²) >= 11 is 0. The monoisotopic (exact) mass is 356 g/mol. The number of nitrogen functional groups attached to an aromatic ring is 2. The minimum Gasteiger partial charge on any atom is -0.504 e. The lowest BCUT2D eigenvalue weighted by molar-refractivity contribution is 0.363. The first-order valence-electron chi connectivity index (χ1n) is 6.64. The van der Waals surface area contributed by atoms with E-state index in [-0.39, 0.29) is 10.6 Å². The number of methoxy groups -OCH3 is 2. The number of nitrogens with two attached hydrogens (primary N) is 2. The zero-order valence-electron chi connectivity index (χ0n) is 13.5. The number of phenols is 1. The lowest BCUT2D eigenvalue weighted by atomic mass is 10.1. The lowest BCUT2D eigenvalue weighted by Gasteiger charge is -2.12. The minimum absolute atomic E-state index is 0.0635. The van der Waals surface area contributed by atoms with Crippen LogP contribution in [0, 0.1) is 6.92 Å². The number of hydrogen-bond acceptors (Lipinski definition) is 7. The van der Waals surface area contributed by atoms with E-state index in [4.69, 9.17) is 25.5 Å². The molecular weight excluding hydrogens is 336 g/mol. The molecule has 0 amide bonds. The first kappa shape index (κ1) is 19.4. The second kappa shape index (κ2) is 7.75. The van der Waals surface area contributed by atoms with Gasteiger partial charge in [-0.1, -0.05) is 0 Å². The second-order valence-corrected chi connectivity index (χ2v) is 6.14. The van der Waals surface area contributed by atoms with Crippen LogP contribution in [0.5, 0.6) is 17.2 Å². The summed E-state index contributed by atoms with van der Waals surface area (Å²) in [4.78, 5) is -0.147. The Hall–Kier alpha value is -2.65. The number of rotatable bonds is 3. The maximum absolute atomic E-state index is 10.5. The number of ether oxygens (including phenoxy) is 2. The van der Waals surface area contributed by atoms with Crippen LogP contribution in [0.4, 0.5) is 11.4 Å². The van der Waals surface area contributed by atoms with E-state index in [0.29, 0.717) is 28.4 Å². The van der Waals surface area contributed by atoms with E-state index in [1.807, 2.05) is 0 Å². The highest BCUT2D eigenvalue weighted by atomic mass is 32.2. The van der Waals surface area contributed by atoms with Crippen molar-refractivity contribution in [3.05, 3.63) is 35.9 Å². The molecule has 0 radical (unpaired) electrons. The Labute approximate surface area is 140 Å². The van der Waals surface area contributed by atoms with Crippen LogP contribution in [0.2, 0.25) is 0 Å². The molecule has 0 spiro atoms. The Kier molecular flexibility index (Phi) is 6.27. The van der Waals surface area contributed by atoms with Crippen molar-refractivity contribution in [1.29, 1.82) is 0 Å². The molecule has 9 heteroatoms. The summed E-state index contributed by atoms with van der Waals surface area (Å²) in [7, 11) is -1.10. The van der Waals surface area contributed by atoms with Gasteiger partial charge in [0.2, 0.25) is 0 Å². The molecule has 8 nitrogen and oxygen atoms in total. The zero-order chi connectivity index (χ0) is 18.5. The van der Waals surface area contributed by atoms with Gasteiger partial charge in [0.15, 0.2) is 11.5 Å². The number of benzene rings is 2. The van der Waals surface area contributed by atoms with Crippen LogP contribution in [0.15, 0.2) is 35.2 Å². The molecule has 0 unspecified atom stereocenters. The predicted molar refractivity (Wildman–Crippen MR) is 91.0 cm³/mol. The average Bonchev–Trinajstić information content (AvgIpc) is 2.51.